The number of fused-ring (bicyclic) bond motifs is 1. The molecule has 2 aliphatic rings. The first-order chi connectivity index (χ1) is 12.6. The van der Waals surface area contributed by atoms with Gasteiger partial charge in [0, 0.05) is 11.6 Å². The highest BCUT2D eigenvalue weighted by molar-refractivity contribution is 6.17. The molecule has 4 rings (SSSR count). The second kappa shape index (κ2) is 6.03. The van der Waals surface area contributed by atoms with E-state index < -0.39 is 11.9 Å². The Morgan fingerprint density at radius 2 is 1.62 bits per heavy atom. The van der Waals surface area contributed by atoms with Crippen molar-refractivity contribution in [3.05, 3.63) is 64.9 Å². The van der Waals surface area contributed by atoms with Crippen molar-refractivity contribution in [3.63, 3.8) is 0 Å². The number of nitrogens with zero attached hydrogens (tertiary/aromatic N) is 1. The zero-order valence-corrected chi connectivity index (χ0v) is 13.9. The molecule has 0 fully saturated rings. The Balaban J connectivity index is 1.82. The van der Waals surface area contributed by atoms with E-state index in [1.165, 1.54) is 14.2 Å². The van der Waals surface area contributed by atoms with E-state index in [4.69, 9.17) is 18.9 Å². The number of cyclic esters (lactones) is 2. The van der Waals surface area contributed by atoms with Crippen LogP contribution in [0.3, 0.4) is 0 Å². The smallest absolute Gasteiger partial charge is 0.367 e. The minimum atomic E-state index is -0.697. The second-order valence-electron chi connectivity index (χ2n) is 5.49. The maximum atomic E-state index is 12.3. The Hall–Kier alpha value is -3.61. The molecule has 0 spiro atoms. The molecular formula is C19H13NO6. The van der Waals surface area contributed by atoms with Crippen LogP contribution < -0.4 is 9.47 Å². The SMILES string of the molecule is COc1ccc(C2=N/C(=C3\OC(=O)c4ccccc43)C(=O)O2)c(OC)c1. The van der Waals surface area contributed by atoms with E-state index in [1.807, 2.05) is 0 Å². The molecule has 0 unspecified atom stereocenters. The lowest BCUT2D eigenvalue weighted by molar-refractivity contribution is -0.130. The molecule has 0 saturated carbocycles. The molecule has 2 aliphatic heterocycles. The van der Waals surface area contributed by atoms with Gasteiger partial charge in [-0.1, -0.05) is 18.2 Å². The van der Waals surface area contributed by atoms with Crippen LogP contribution in [0.1, 0.15) is 21.5 Å². The summed E-state index contributed by atoms with van der Waals surface area (Å²) in [6, 6.07) is 11.8. The van der Waals surface area contributed by atoms with Gasteiger partial charge in [0.2, 0.25) is 5.90 Å². The van der Waals surface area contributed by atoms with Gasteiger partial charge in [-0.3, -0.25) is 0 Å². The summed E-state index contributed by atoms with van der Waals surface area (Å²) in [5.41, 5.74) is 1.32. The van der Waals surface area contributed by atoms with Crippen LogP contribution in [0.5, 0.6) is 11.5 Å². The van der Waals surface area contributed by atoms with Crippen LogP contribution >= 0.6 is 0 Å². The number of ether oxygens (including phenoxy) is 4. The summed E-state index contributed by atoms with van der Waals surface area (Å²) in [5, 5.41) is 0. The van der Waals surface area contributed by atoms with Crippen LogP contribution in [0, 0.1) is 0 Å². The molecule has 0 bridgehead atoms. The average molecular weight is 351 g/mol. The van der Waals surface area contributed by atoms with E-state index >= 15 is 0 Å². The number of carbonyl (C=O) groups excluding carboxylic acids is 2. The first-order valence-corrected chi connectivity index (χ1v) is 7.71. The molecule has 26 heavy (non-hydrogen) atoms. The summed E-state index contributed by atoms with van der Waals surface area (Å²) in [7, 11) is 3.03. The molecular weight excluding hydrogens is 338 g/mol. The molecule has 0 saturated heterocycles. The van der Waals surface area contributed by atoms with E-state index in [1.54, 1.807) is 42.5 Å². The first-order valence-electron chi connectivity index (χ1n) is 7.71. The van der Waals surface area contributed by atoms with E-state index in [0.717, 1.165) is 0 Å². The van der Waals surface area contributed by atoms with Gasteiger partial charge in [0.25, 0.3) is 0 Å². The molecule has 0 amide bonds. The highest BCUT2D eigenvalue weighted by Crippen LogP contribution is 2.36. The predicted octanol–water partition coefficient (Wildman–Crippen LogP) is 2.55. The van der Waals surface area contributed by atoms with Gasteiger partial charge in [0.05, 0.1) is 25.3 Å². The van der Waals surface area contributed by atoms with Crippen LogP contribution in [0.2, 0.25) is 0 Å². The number of benzene rings is 2. The summed E-state index contributed by atoms with van der Waals surface area (Å²) < 4.78 is 21.0. The lowest BCUT2D eigenvalue weighted by atomic mass is 10.1. The third kappa shape index (κ3) is 2.41. The first kappa shape index (κ1) is 15.9. The van der Waals surface area contributed by atoms with Gasteiger partial charge in [-0.2, -0.15) is 0 Å². The number of methoxy groups -OCH3 is 2. The molecule has 2 aromatic rings. The molecule has 130 valence electrons. The van der Waals surface area contributed by atoms with Crippen molar-refractivity contribution in [2.45, 2.75) is 0 Å². The molecule has 0 atom stereocenters. The molecule has 7 heteroatoms. The molecule has 7 nitrogen and oxygen atoms in total. The number of aliphatic imine (C=N–C) groups is 1. The van der Waals surface area contributed by atoms with Crippen molar-refractivity contribution in [2.24, 2.45) is 4.99 Å². The third-order valence-electron chi connectivity index (χ3n) is 4.04. The summed E-state index contributed by atoms with van der Waals surface area (Å²) >= 11 is 0. The quantitative estimate of drug-likeness (QED) is 0.624. The van der Waals surface area contributed by atoms with Crippen LogP contribution in [0.15, 0.2) is 53.2 Å². The number of esters is 2. The monoisotopic (exact) mass is 351 g/mol. The molecule has 2 aromatic carbocycles. The molecule has 2 heterocycles. The van der Waals surface area contributed by atoms with Gasteiger partial charge < -0.3 is 18.9 Å². The van der Waals surface area contributed by atoms with E-state index in [2.05, 4.69) is 4.99 Å². The lowest BCUT2D eigenvalue weighted by Gasteiger charge is -2.08. The largest absolute Gasteiger partial charge is 0.497 e. The summed E-state index contributed by atoms with van der Waals surface area (Å²) in [4.78, 5) is 28.5. The van der Waals surface area contributed by atoms with Crippen molar-refractivity contribution in [2.75, 3.05) is 14.2 Å². The minimum Gasteiger partial charge on any atom is -0.497 e. The van der Waals surface area contributed by atoms with Gasteiger partial charge in [-0.15, -0.1) is 0 Å². The summed E-state index contributed by atoms with van der Waals surface area (Å²) in [5.74, 6) is -0.0341. The van der Waals surface area contributed by atoms with E-state index in [0.29, 0.717) is 28.2 Å². The lowest BCUT2D eigenvalue weighted by Crippen LogP contribution is -2.07. The van der Waals surface area contributed by atoms with Crippen molar-refractivity contribution in [3.8, 4) is 11.5 Å². The van der Waals surface area contributed by atoms with Crippen LogP contribution in [-0.2, 0) is 14.3 Å². The van der Waals surface area contributed by atoms with Crippen LogP contribution in [0.4, 0.5) is 0 Å². The predicted molar refractivity (Wildman–Crippen MR) is 91.0 cm³/mol. The summed E-state index contributed by atoms with van der Waals surface area (Å²) in [6.07, 6.45) is 0. The Labute approximate surface area is 148 Å². The highest BCUT2D eigenvalue weighted by Gasteiger charge is 2.36. The molecule has 0 N–H and O–H groups in total. The van der Waals surface area contributed by atoms with E-state index in [9.17, 15) is 9.59 Å². The Morgan fingerprint density at radius 1 is 0.846 bits per heavy atom. The fourth-order valence-electron chi connectivity index (χ4n) is 2.78. The van der Waals surface area contributed by atoms with Crippen LogP contribution in [0.25, 0.3) is 5.76 Å². The molecule has 0 aromatic heterocycles. The van der Waals surface area contributed by atoms with Crippen LogP contribution in [-0.4, -0.2) is 32.1 Å². The maximum absolute atomic E-state index is 12.3. The zero-order valence-electron chi connectivity index (χ0n) is 13.9. The van der Waals surface area contributed by atoms with Gasteiger partial charge in [0.15, 0.2) is 11.5 Å². The van der Waals surface area contributed by atoms with Gasteiger partial charge in [-0.25, -0.2) is 14.6 Å². The number of carbonyl (C=O) groups is 2. The fourth-order valence-corrected chi connectivity index (χ4v) is 2.78. The van der Waals surface area contributed by atoms with E-state index in [-0.39, 0.29) is 17.4 Å². The highest BCUT2D eigenvalue weighted by atomic mass is 16.6. The zero-order chi connectivity index (χ0) is 18.3. The number of rotatable bonds is 3. The van der Waals surface area contributed by atoms with Crippen molar-refractivity contribution >= 4 is 23.6 Å². The van der Waals surface area contributed by atoms with Gasteiger partial charge in [0.1, 0.15) is 11.5 Å². The van der Waals surface area contributed by atoms with Crippen molar-refractivity contribution in [1.82, 2.24) is 0 Å². The Kier molecular flexibility index (Phi) is 3.69. The van der Waals surface area contributed by atoms with Crippen molar-refractivity contribution in [1.29, 1.82) is 0 Å². The van der Waals surface area contributed by atoms with Gasteiger partial charge >= 0.3 is 11.9 Å². The number of hydrogen-bond donors (Lipinski definition) is 0. The third-order valence-corrected chi connectivity index (χ3v) is 4.04. The Bertz CT molecular complexity index is 1000. The normalized spacial score (nSPS) is 18.2. The fraction of sp³-hybridized carbons (Fsp3) is 0.105. The average Bonchev–Trinajstić information content (AvgIpc) is 3.21. The summed E-state index contributed by atoms with van der Waals surface area (Å²) in [6.45, 7) is 0. The minimum absolute atomic E-state index is 0.0591. The van der Waals surface area contributed by atoms with Gasteiger partial charge in [-0.05, 0) is 18.2 Å². The number of hydrogen-bond acceptors (Lipinski definition) is 7. The molecule has 0 aliphatic carbocycles. The maximum Gasteiger partial charge on any atom is 0.367 e. The second-order valence-corrected chi connectivity index (χ2v) is 5.49. The standard InChI is InChI=1S/C19H13NO6/c1-23-10-7-8-13(14(9-10)24-2)17-20-15(19(22)26-17)16-11-5-3-4-6-12(11)18(21)25-16/h3-9H,1-2H3/b16-15-. The van der Waals surface area contributed by atoms with Crippen molar-refractivity contribution < 1.29 is 28.5 Å². The molecule has 0 radical (unpaired) electrons. The Morgan fingerprint density at radius 3 is 2.35 bits per heavy atom. The topological polar surface area (TPSA) is 83.4 Å².